The first kappa shape index (κ1) is 17.1. The molecule has 0 bridgehead atoms. The van der Waals surface area contributed by atoms with Crippen molar-refractivity contribution < 1.29 is 17.9 Å². The number of benzene rings is 1. The number of methoxy groups -OCH3 is 1. The molecule has 2 atom stereocenters. The molecule has 1 aromatic rings. The Balaban J connectivity index is 2.23. The van der Waals surface area contributed by atoms with E-state index in [-0.39, 0.29) is 11.8 Å². The van der Waals surface area contributed by atoms with Crippen LogP contribution in [0.2, 0.25) is 0 Å². The van der Waals surface area contributed by atoms with Gasteiger partial charge >= 0.3 is 0 Å². The van der Waals surface area contributed by atoms with E-state index in [0.29, 0.717) is 0 Å². The molecular formula is C16H25NO4S. The van der Waals surface area contributed by atoms with Gasteiger partial charge in [-0.2, -0.15) is 0 Å². The molecule has 1 aliphatic heterocycles. The first-order valence-corrected chi connectivity index (χ1v) is 9.24. The summed E-state index contributed by atoms with van der Waals surface area (Å²) in [4.78, 5) is 0. The summed E-state index contributed by atoms with van der Waals surface area (Å²) < 4.78 is 35.3. The molecule has 6 heteroatoms. The molecule has 2 unspecified atom stereocenters. The highest BCUT2D eigenvalue weighted by atomic mass is 32.2. The smallest absolute Gasteiger partial charge is 0.165 e. The minimum Gasteiger partial charge on any atom is -0.497 e. The second-order valence-corrected chi connectivity index (χ2v) is 8.81. The molecule has 0 spiro atoms. The molecule has 0 saturated carbocycles. The van der Waals surface area contributed by atoms with Gasteiger partial charge in [-0.25, -0.2) is 8.42 Å². The van der Waals surface area contributed by atoms with Crippen molar-refractivity contribution in [3.05, 3.63) is 23.8 Å². The highest BCUT2D eigenvalue weighted by molar-refractivity contribution is 7.91. The molecule has 0 amide bonds. The van der Waals surface area contributed by atoms with Gasteiger partial charge in [-0.3, -0.25) is 5.32 Å². The third-order valence-corrected chi connectivity index (χ3v) is 6.31. The van der Waals surface area contributed by atoms with Gasteiger partial charge < -0.3 is 9.47 Å². The monoisotopic (exact) mass is 327 g/mol. The SMILES string of the molecule is CCS(=O)(=O)C(C)NC1Cc2ccc(OC)cc2OC1(C)C. The summed E-state index contributed by atoms with van der Waals surface area (Å²) in [7, 11) is -1.50. The lowest BCUT2D eigenvalue weighted by Crippen LogP contribution is -2.57. The Hall–Kier alpha value is -1.27. The second kappa shape index (κ2) is 6.08. The van der Waals surface area contributed by atoms with Crippen LogP contribution in [0.25, 0.3) is 0 Å². The maximum Gasteiger partial charge on any atom is 0.165 e. The maximum absolute atomic E-state index is 12.0. The number of nitrogens with one attached hydrogen (secondary N) is 1. The number of ether oxygens (including phenoxy) is 2. The summed E-state index contributed by atoms with van der Waals surface area (Å²) >= 11 is 0. The predicted octanol–water partition coefficient (Wildman–Crippen LogP) is 2.15. The molecule has 22 heavy (non-hydrogen) atoms. The molecule has 0 fully saturated rings. The Morgan fingerprint density at radius 3 is 2.73 bits per heavy atom. The molecule has 5 nitrogen and oxygen atoms in total. The van der Waals surface area contributed by atoms with Gasteiger partial charge in [0, 0.05) is 11.8 Å². The van der Waals surface area contributed by atoms with Crippen LogP contribution < -0.4 is 14.8 Å². The van der Waals surface area contributed by atoms with E-state index < -0.39 is 20.8 Å². The molecule has 1 aromatic carbocycles. The van der Waals surface area contributed by atoms with E-state index in [1.165, 1.54) is 0 Å². The Bertz CT molecular complexity index is 640. The Labute approximate surface area is 132 Å². The number of hydrogen-bond donors (Lipinski definition) is 1. The molecule has 0 aliphatic carbocycles. The molecule has 1 heterocycles. The number of fused-ring (bicyclic) bond motifs is 1. The average molecular weight is 327 g/mol. The number of sulfone groups is 1. The standard InChI is InChI=1S/C16H25NO4S/c1-6-22(18,19)11(2)17-15-9-12-7-8-13(20-5)10-14(12)21-16(15,3)4/h7-8,10-11,15,17H,6,9H2,1-5H3. The molecule has 0 radical (unpaired) electrons. The lowest BCUT2D eigenvalue weighted by atomic mass is 9.88. The number of rotatable bonds is 5. The third kappa shape index (κ3) is 3.38. The molecule has 1 aliphatic rings. The van der Waals surface area contributed by atoms with Crippen molar-refractivity contribution >= 4 is 9.84 Å². The van der Waals surface area contributed by atoms with E-state index in [1.54, 1.807) is 21.0 Å². The van der Waals surface area contributed by atoms with E-state index in [1.807, 2.05) is 32.0 Å². The van der Waals surface area contributed by atoms with Gasteiger partial charge in [0.05, 0.1) is 13.2 Å². The van der Waals surface area contributed by atoms with Crippen molar-refractivity contribution in [2.75, 3.05) is 12.9 Å². The Morgan fingerprint density at radius 2 is 2.14 bits per heavy atom. The van der Waals surface area contributed by atoms with Crippen molar-refractivity contribution in [2.45, 2.75) is 51.1 Å². The van der Waals surface area contributed by atoms with Crippen LogP contribution in [0.15, 0.2) is 18.2 Å². The van der Waals surface area contributed by atoms with Crippen LogP contribution in [0.1, 0.15) is 33.3 Å². The molecule has 1 N–H and O–H groups in total. The van der Waals surface area contributed by atoms with Crippen LogP contribution in [-0.2, 0) is 16.3 Å². The molecule has 2 rings (SSSR count). The Morgan fingerprint density at radius 1 is 1.45 bits per heavy atom. The van der Waals surface area contributed by atoms with Gasteiger partial charge in [-0.15, -0.1) is 0 Å². The molecule has 0 aromatic heterocycles. The van der Waals surface area contributed by atoms with E-state index in [2.05, 4.69) is 5.32 Å². The van der Waals surface area contributed by atoms with E-state index in [4.69, 9.17) is 9.47 Å². The maximum atomic E-state index is 12.0. The zero-order chi connectivity index (χ0) is 16.5. The topological polar surface area (TPSA) is 64.6 Å². The fourth-order valence-corrected chi connectivity index (χ4v) is 3.51. The van der Waals surface area contributed by atoms with Crippen LogP contribution in [0.3, 0.4) is 0 Å². The van der Waals surface area contributed by atoms with Gasteiger partial charge in [-0.05, 0) is 38.8 Å². The van der Waals surface area contributed by atoms with Crippen molar-refractivity contribution in [1.29, 1.82) is 0 Å². The van der Waals surface area contributed by atoms with Crippen molar-refractivity contribution in [3.8, 4) is 11.5 Å². The van der Waals surface area contributed by atoms with Crippen LogP contribution in [0.4, 0.5) is 0 Å². The van der Waals surface area contributed by atoms with Gasteiger partial charge in [0.1, 0.15) is 22.5 Å². The average Bonchev–Trinajstić information content (AvgIpc) is 2.46. The highest BCUT2D eigenvalue weighted by Crippen LogP contribution is 2.36. The zero-order valence-electron chi connectivity index (χ0n) is 13.8. The second-order valence-electron chi connectivity index (χ2n) is 6.20. The van der Waals surface area contributed by atoms with Crippen LogP contribution in [0, 0.1) is 0 Å². The lowest BCUT2D eigenvalue weighted by Gasteiger charge is -2.41. The summed E-state index contributed by atoms with van der Waals surface area (Å²) in [5.74, 6) is 1.68. The third-order valence-electron chi connectivity index (χ3n) is 4.29. The van der Waals surface area contributed by atoms with Crippen LogP contribution in [0.5, 0.6) is 11.5 Å². The van der Waals surface area contributed by atoms with E-state index in [0.717, 1.165) is 23.5 Å². The largest absolute Gasteiger partial charge is 0.497 e. The summed E-state index contributed by atoms with van der Waals surface area (Å²) in [5, 5.41) is 2.63. The summed E-state index contributed by atoms with van der Waals surface area (Å²) in [5.41, 5.74) is 0.551. The Kier molecular flexibility index (Phi) is 4.73. The van der Waals surface area contributed by atoms with Gasteiger partial charge in [0.25, 0.3) is 0 Å². The quantitative estimate of drug-likeness (QED) is 0.898. The minimum atomic E-state index is -3.12. The fourth-order valence-electron chi connectivity index (χ4n) is 2.64. The van der Waals surface area contributed by atoms with Crippen molar-refractivity contribution in [1.82, 2.24) is 5.32 Å². The predicted molar refractivity (Wildman–Crippen MR) is 87.3 cm³/mol. The van der Waals surface area contributed by atoms with E-state index >= 15 is 0 Å². The van der Waals surface area contributed by atoms with Gasteiger partial charge in [0.2, 0.25) is 0 Å². The summed E-state index contributed by atoms with van der Waals surface area (Å²) in [6.07, 6.45) is 0.718. The first-order chi connectivity index (χ1) is 10.2. The van der Waals surface area contributed by atoms with Crippen molar-refractivity contribution in [3.63, 3.8) is 0 Å². The summed E-state index contributed by atoms with van der Waals surface area (Å²) in [6.45, 7) is 7.30. The molecule has 0 saturated heterocycles. The summed E-state index contributed by atoms with van der Waals surface area (Å²) in [6, 6.07) is 5.66. The highest BCUT2D eigenvalue weighted by Gasteiger charge is 2.39. The van der Waals surface area contributed by atoms with Gasteiger partial charge in [0.15, 0.2) is 9.84 Å². The molecular weight excluding hydrogens is 302 g/mol. The normalized spacial score (nSPS) is 21.6. The number of hydrogen-bond acceptors (Lipinski definition) is 5. The van der Waals surface area contributed by atoms with Crippen molar-refractivity contribution in [2.24, 2.45) is 0 Å². The molecule has 124 valence electrons. The first-order valence-electron chi connectivity index (χ1n) is 7.53. The van der Waals surface area contributed by atoms with Gasteiger partial charge in [-0.1, -0.05) is 13.0 Å². The lowest BCUT2D eigenvalue weighted by molar-refractivity contribution is 0.0472. The zero-order valence-corrected chi connectivity index (χ0v) is 14.7. The van der Waals surface area contributed by atoms with E-state index in [9.17, 15) is 8.42 Å². The minimum absolute atomic E-state index is 0.0790. The van der Waals surface area contributed by atoms with Crippen LogP contribution in [-0.4, -0.2) is 38.3 Å². The van der Waals surface area contributed by atoms with Crippen LogP contribution >= 0.6 is 0 Å². The fraction of sp³-hybridized carbons (Fsp3) is 0.625.